The molecule has 1 aliphatic rings. The third-order valence-electron chi connectivity index (χ3n) is 6.25. The first-order valence-electron chi connectivity index (χ1n) is 11.3. The van der Waals surface area contributed by atoms with Gasteiger partial charge in [0.05, 0.1) is 23.6 Å². The van der Waals surface area contributed by atoms with Gasteiger partial charge in [-0.05, 0) is 37.5 Å². The molecule has 4 aromatic rings. The van der Waals surface area contributed by atoms with Crippen LogP contribution in [0.3, 0.4) is 0 Å². The number of imidazole rings is 1. The second-order valence-corrected chi connectivity index (χ2v) is 8.47. The summed E-state index contributed by atoms with van der Waals surface area (Å²) in [7, 11) is 0. The molecular weight excluding hydrogens is 434 g/mol. The second-order valence-electron chi connectivity index (χ2n) is 8.47. The van der Waals surface area contributed by atoms with E-state index in [1.54, 1.807) is 12.4 Å². The summed E-state index contributed by atoms with van der Waals surface area (Å²) in [5, 5.41) is 9.41. The molecule has 4 heterocycles. The molecule has 174 valence electrons. The maximum atomic E-state index is 13.6. The van der Waals surface area contributed by atoms with Gasteiger partial charge in [-0.25, -0.2) is 4.79 Å². The van der Waals surface area contributed by atoms with Gasteiger partial charge in [0, 0.05) is 38.1 Å². The van der Waals surface area contributed by atoms with Crippen LogP contribution >= 0.6 is 0 Å². The van der Waals surface area contributed by atoms with Crippen molar-refractivity contribution in [3.05, 3.63) is 57.0 Å². The van der Waals surface area contributed by atoms with Gasteiger partial charge in [-0.3, -0.25) is 23.9 Å². The average Bonchev–Trinajstić information content (AvgIpc) is 3.24. The number of rotatable bonds is 5. The van der Waals surface area contributed by atoms with Crippen molar-refractivity contribution >= 4 is 28.1 Å². The minimum Gasteiger partial charge on any atom is -0.341 e. The largest absolute Gasteiger partial charge is 0.341 e. The highest BCUT2D eigenvalue weighted by Crippen LogP contribution is 2.23. The van der Waals surface area contributed by atoms with Crippen molar-refractivity contribution in [3.8, 4) is 6.07 Å². The van der Waals surface area contributed by atoms with E-state index in [-0.39, 0.29) is 24.8 Å². The predicted molar refractivity (Wildman–Crippen MR) is 128 cm³/mol. The first-order valence-corrected chi connectivity index (χ1v) is 11.3. The number of fused-ring (bicyclic) bond motifs is 2. The van der Waals surface area contributed by atoms with E-state index < -0.39 is 11.2 Å². The molecule has 0 saturated carbocycles. The van der Waals surface area contributed by atoms with E-state index in [0.717, 1.165) is 35.0 Å². The molecule has 11 heteroatoms. The summed E-state index contributed by atoms with van der Waals surface area (Å²) in [6.45, 7) is 3.65. The number of nitrogens with zero attached hydrogens (tertiary/aromatic N) is 8. The summed E-state index contributed by atoms with van der Waals surface area (Å²) in [5.41, 5.74) is 7.85. The van der Waals surface area contributed by atoms with Crippen molar-refractivity contribution in [3.63, 3.8) is 0 Å². The maximum absolute atomic E-state index is 13.6. The molecule has 0 bridgehead atoms. The van der Waals surface area contributed by atoms with Crippen molar-refractivity contribution in [2.24, 2.45) is 5.73 Å². The Balaban J connectivity index is 1.70. The number of anilines is 1. The summed E-state index contributed by atoms with van der Waals surface area (Å²) in [5.74, 6) is 0.606. The van der Waals surface area contributed by atoms with Crippen LogP contribution in [0.4, 0.5) is 5.95 Å². The Morgan fingerprint density at radius 1 is 1.15 bits per heavy atom. The highest BCUT2D eigenvalue weighted by atomic mass is 16.2. The number of nitrogens with two attached hydrogens (primary N) is 1. The van der Waals surface area contributed by atoms with Gasteiger partial charge in [0.15, 0.2) is 11.2 Å². The van der Waals surface area contributed by atoms with Gasteiger partial charge in [0.1, 0.15) is 6.54 Å². The molecule has 0 amide bonds. The molecule has 0 radical (unpaired) electrons. The Labute approximate surface area is 194 Å². The Morgan fingerprint density at radius 2 is 1.94 bits per heavy atom. The molecule has 0 aliphatic carbocycles. The lowest BCUT2D eigenvalue weighted by Crippen LogP contribution is -2.44. The number of aromatic nitrogens is 6. The molecule has 1 aliphatic heterocycles. The van der Waals surface area contributed by atoms with E-state index in [9.17, 15) is 14.9 Å². The Morgan fingerprint density at radius 3 is 2.68 bits per heavy atom. The lowest BCUT2D eigenvalue weighted by molar-refractivity contribution is 0.494. The first-order chi connectivity index (χ1) is 16.5. The normalized spacial score (nSPS) is 16.3. The monoisotopic (exact) mass is 459 g/mol. The maximum Gasteiger partial charge on any atom is 0.333 e. The quantitative estimate of drug-likeness (QED) is 0.462. The van der Waals surface area contributed by atoms with E-state index in [1.807, 2.05) is 35.8 Å². The smallest absolute Gasteiger partial charge is 0.333 e. The van der Waals surface area contributed by atoms with E-state index in [4.69, 9.17) is 5.73 Å². The molecule has 2 N–H and O–H groups in total. The van der Waals surface area contributed by atoms with Crippen molar-refractivity contribution < 1.29 is 0 Å². The van der Waals surface area contributed by atoms with Crippen molar-refractivity contribution in [1.29, 1.82) is 5.26 Å². The fourth-order valence-corrected chi connectivity index (χ4v) is 4.65. The molecule has 1 unspecified atom stereocenters. The number of nitriles is 1. The molecule has 5 rings (SSSR count). The second kappa shape index (κ2) is 8.72. The predicted octanol–water partition coefficient (Wildman–Crippen LogP) is 0.822. The van der Waals surface area contributed by atoms with Crippen molar-refractivity contribution in [2.45, 2.75) is 45.4 Å². The molecule has 1 fully saturated rings. The molecule has 1 atom stereocenters. The lowest BCUT2D eigenvalue weighted by Gasteiger charge is -2.31. The molecule has 34 heavy (non-hydrogen) atoms. The van der Waals surface area contributed by atoms with E-state index in [0.29, 0.717) is 30.1 Å². The van der Waals surface area contributed by atoms with Gasteiger partial charge in [0.25, 0.3) is 5.56 Å². The number of piperidine rings is 1. The summed E-state index contributed by atoms with van der Waals surface area (Å²) in [6.07, 6.45) is 5.07. The highest BCUT2D eigenvalue weighted by molar-refractivity contribution is 5.75. The Hall–Kier alpha value is -4.04. The van der Waals surface area contributed by atoms with Crippen LogP contribution in [0.25, 0.3) is 22.2 Å². The van der Waals surface area contributed by atoms with Crippen LogP contribution < -0.4 is 21.9 Å². The minimum atomic E-state index is -0.569. The van der Waals surface area contributed by atoms with Gasteiger partial charge in [-0.1, -0.05) is 6.07 Å². The Bertz CT molecular complexity index is 1540. The van der Waals surface area contributed by atoms with Gasteiger partial charge >= 0.3 is 5.69 Å². The lowest BCUT2D eigenvalue weighted by atomic mass is 10.1. The minimum absolute atomic E-state index is 0.0211. The third kappa shape index (κ3) is 3.62. The van der Waals surface area contributed by atoms with Gasteiger partial charge in [0.2, 0.25) is 5.95 Å². The molecule has 0 spiro atoms. The zero-order valence-corrected chi connectivity index (χ0v) is 18.9. The van der Waals surface area contributed by atoms with Crippen LogP contribution in [0.15, 0.2) is 40.2 Å². The van der Waals surface area contributed by atoms with E-state index in [2.05, 4.69) is 19.9 Å². The molecule has 3 aromatic heterocycles. The van der Waals surface area contributed by atoms with E-state index >= 15 is 0 Å². The van der Waals surface area contributed by atoms with Crippen molar-refractivity contribution in [1.82, 2.24) is 28.7 Å². The summed E-state index contributed by atoms with van der Waals surface area (Å²) >= 11 is 0. The third-order valence-corrected chi connectivity index (χ3v) is 6.25. The SMILES string of the molecule is CCn1c(N2CCCC(N)C2)nc2c1c(=O)n(Cc1ccc3nccnc3c1)c(=O)n2CC#N. The summed E-state index contributed by atoms with van der Waals surface area (Å²) < 4.78 is 4.26. The van der Waals surface area contributed by atoms with Crippen LogP contribution in [-0.2, 0) is 19.6 Å². The molecule has 1 saturated heterocycles. The van der Waals surface area contributed by atoms with Crippen LogP contribution in [0.2, 0.25) is 0 Å². The van der Waals surface area contributed by atoms with Gasteiger partial charge in [-0.2, -0.15) is 10.2 Å². The summed E-state index contributed by atoms with van der Waals surface area (Å²) in [6, 6.07) is 7.49. The zero-order chi connectivity index (χ0) is 23.8. The average molecular weight is 460 g/mol. The van der Waals surface area contributed by atoms with Crippen LogP contribution in [0.1, 0.15) is 25.3 Å². The molecule has 11 nitrogen and oxygen atoms in total. The van der Waals surface area contributed by atoms with E-state index in [1.165, 1.54) is 4.57 Å². The number of benzene rings is 1. The highest BCUT2D eigenvalue weighted by Gasteiger charge is 2.26. The fraction of sp³-hybridized carbons (Fsp3) is 0.391. The van der Waals surface area contributed by atoms with Gasteiger partial charge in [-0.15, -0.1) is 0 Å². The van der Waals surface area contributed by atoms with Gasteiger partial charge < -0.3 is 15.2 Å². The first kappa shape index (κ1) is 21.8. The number of aryl methyl sites for hydroxylation is 1. The molecular formula is C23H25N9O2. The van der Waals surface area contributed by atoms with Crippen molar-refractivity contribution in [2.75, 3.05) is 18.0 Å². The number of hydrogen-bond acceptors (Lipinski definition) is 8. The molecule has 1 aromatic carbocycles. The van der Waals surface area contributed by atoms with Crippen LogP contribution in [0, 0.1) is 11.3 Å². The summed E-state index contributed by atoms with van der Waals surface area (Å²) in [4.78, 5) is 42.3. The zero-order valence-electron chi connectivity index (χ0n) is 18.9. The standard InChI is InChI=1S/C23H25N9O2/c1-2-30-19-20(28-22(30)29-10-3-4-16(25)14-29)31(11-7-24)23(34)32(21(19)33)13-15-5-6-17-18(12-15)27-9-8-26-17/h5-6,8-9,12,16H,2-4,10-11,13-14,25H2,1H3. The topological polar surface area (TPSA) is 141 Å². The number of hydrogen-bond donors (Lipinski definition) is 1. The fourth-order valence-electron chi connectivity index (χ4n) is 4.65. The van der Waals surface area contributed by atoms with Crippen LogP contribution in [0.5, 0.6) is 0 Å². The Kier molecular flexibility index (Phi) is 5.59. The van der Waals surface area contributed by atoms with Crippen LogP contribution in [-0.4, -0.2) is 47.8 Å².